The molecule has 0 aliphatic rings. The molecule has 1 heterocycles. The minimum atomic E-state index is 0.677. The van der Waals surface area contributed by atoms with Crippen LogP contribution in [0, 0.1) is 0 Å². The third-order valence-electron chi connectivity index (χ3n) is 1.86. The normalized spacial score (nSPS) is 9.93. The fourth-order valence-electron chi connectivity index (χ4n) is 1.18. The Morgan fingerprint density at radius 3 is 2.60 bits per heavy atom. The van der Waals surface area contributed by atoms with Gasteiger partial charge in [-0.05, 0) is 24.3 Å². The molecule has 0 radical (unpaired) electrons. The van der Waals surface area contributed by atoms with Gasteiger partial charge in [0.2, 0.25) is 0 Å². The molecule has 0 amide bonds. The standard InChI is InChI=1S/C11H11N3S/c12-14-11-8-10(6-7-13-11)15-9-4-2-1-3-5-9/h1-8H,12H2,(H,13,14). The van der Waals surface area contributed by atoms with E-state index in [1.54, 1.807) is 18.0 Å². The first-order valence-corrected chi connectivity index (χ1v) is 5.36. The van der Waals surface area contributed by atoms with Gasteiger partial charge >= 0.3 is 0 Å². The number of hydrazine groups is 1. The Balaban J connectivity index is 2.17. The minimum Gasteiger partial charge on any atom is -0.308 e. The Morgan fingerprint density at radius 1 is 1.07 bits per heavy atom. The molecule has 0 saturated carbocycles. The van der Waals surface area contributed by atoms with E-state index in [-0.39, 0.29) is 0 Å². The van der Waals surface area contributed by atoms with E-state index < -0.39 is 0 Å². The number of aromatic nitrogens is 1. The highest BCUT2D eigenvalue weighted by atomic mass is 32.2. The highest BCUT2D eigenvalue weighted by Crippen LogP contribution is 2.27. The molecule has 0 atom stereocenters. The highest BCUT2D eigenvalue weighted by molar-refractivity contribution is 7.99. The van der Waals surface area contributed by atoms with E-state index in [4.69, 9.17) is 5.84 Å². The van der Waals surface area contributed by atoms with E-state index >= 15 is 0 Å². The van der Waals surface area contributed by atoms with Crippen LogP contribution in [0.25, 0.3) is 0 Å². The molecule has 76 valence electrons. The zero-order valence-electron chi connectivity index (χ0n) is 8.05. The topological polar surface area (TPSA) is 50.9 Å². The van der Waals surface area contributed by atoms with Gasteiger partial charge in [-0.15, -0.1) is 0 Å². The number of benzene rings is 1. The molecule has 0 spiro atoms. The summed E-state index contributed by atoms with van der Waals surface area (Å²) < 4.78 is 0. The summed E-state index contributed by atoms with van der Waals surface area (Å²) in [6, 6.07) is 14.1. The predicted molar refractivity (Wildman–Crippen MR) is 62.6 cm³/mol. The van der Waals surface area contributed by atoms with Crippen molar-refractivity contribution in [2.75, 3.05) is 5.43 Å². The molecule has 2 aromatic rings. The second-order valence-corrected chi connectivity index (χ2v) is 4.08. The van der Waals surface area contributed by atoms with E-state index in [9.17, 15) is 0 Å². The molecule has 1 aromatic heterocycles. The van der Waals surface area contributed by atoms with Crippen LogP contribution in [0.4, 0.5) is 5.82 Å². The van der Waals surface area contributed by atoms with E-state index in [1.807, 2.05) is 30.3 Å². The van der Waals surface area contributed by atoms with Crippen molar-refractivity contribution in [2.24, 2.45) is 5.84 Å². The lowest BCUT2D eigenvalue weighted by Gasteiger charge is -2.03. The number of hydrogen-bond acceptors (Lipinski definition) is 4. The average Bonchev–Trinajstić information content (AvgIpc) is 2.31. The lowest BCUT2D eigenvalue weighted by molar-refractivity contribution is 1.19. The van der Waals surface area contributed by atoms with Gasteiger partial charge in [-0.1, -0.05) is 30.0 Å². The number of nitrogens with one attached hydrogen (secondary N) is 1. The van der Waals surface area contributed by atoms with Crippen molar-refractivity contribution < 1.29 is 0 Å². The average molecular weight is 217 g/mol. The number of nitrogens with two attached hydrogens (primary N) is 1. The van der Waals surface area contributed by atoms with Crippen molar-refractivity contribution in [1.29, 1.82) is 0 Å². The van der Waals surface area contributed by atoms with Crippen LogP contribution in [0.1, 0.15) is 0 Å². The van der Waals surface area contributed by atoms with E-state index in [1.165, 1.54) is 4.90 Å². The fraction of sp³-hybridized carbons (Fsp3) is 0. The first-order chi connectivity index (χ1) is 7.38. The maximum absolute atomic E-state index is 5.29. The van der Waals surface area contributed by atoms with Crippen LogP contribution in [0.15, 0.2) is 58.5 Å². The zero-order chi connectivity index (χ0) is 10.5. The van der Waals surface area contributed by atoms with Crippen LogP contribution in [0.2, 0.25) is 0 Å². The number of hydrogen-bond donors (Lipinski definition) is 2. The minimum absolute atomic E-state index is 0.677. The number of nitrogen functional groups attached to an aromatic ring is 1. The van der Waals surface area contributed by atoms with Crippen molar-refractivity contribution in [3.63, 3.8) is 0 Å². The summed E-state index contributed by atoms with van der Waals surface area (Å²) in [5, 5.41) is 0. The van der Waals surface area contributed by atoms with E-state index in [0.717, 1.165) is 4.90 Å². The molecular weight excluding hydrogens is 206 g/mol. The Morgan fingerprint density at radius 2 is 1.87 bits per heavy atom. The quantitative estimate of drug-likeness (QED) is 0.612. The number of anilines is 1. The molecule has 0 saturated heterocycles. The molecule has 4 heteroatoms. The second-order valence-electron chi connectivity index (χ2n) is 2.94. The molecule has 2 rings (SSSR count). The van der Waals surface area contributed by atoms with Crippen molar-refractivity contribution in [3.05, 3.63) is 48.7 Å². The maximum atomic E-state index is 5.29. The Labute approximate surface area is 92.7 Å². The van der Waals surface area contributed by atoms with Crippen LogP contribution in [0.5, 0.6) is 0 Å². The molecule has 0 aliphatic carbocycles. The fourth-order valence-corrected chi connectivity index (χ4v) is 2.04. The highest BCUT2D eigenvalue weighted by Gasteiger charge is 1.98. The van der Waals surface area contributed by atoms with Gasteiger partial charge in [0, 0.05) is 16.0 Å². The molecule has 0 unspecified atom stereocenters. The first-order valence-electron chi connectivity index (χ1n) is 4.54. The van der Waals surface area contributed by atoms with Gasteiger partial charge in [-0.25, -0.2) is 10.8 Å². The molecule has 0 fully saturated rings. The number of rotatable bonds is 3. The Hall–Kier alpha value is -1.52. The van der Waals surface area contributed by atoms with Crippen LogP contribution in [-0.2, 0) is 0 Å². The lowest BCUT2D eigenvalue weighted by atomic mass is 10.4. The summed E-state index contributed by atoms with van der Waals surface area (Å²) in [5.41, 5.74) is 2.53. The van der Waals surface area contributed by atoms with Gasteiger partial charge in [-0.2, -0.15) is 0 Å². The van der Waals surface area contributed by atoms with Crippen molar-refractivity contribution >= 4 is 17.6 Å². The van der Waals surface area contributed by atoms with Gasteiger partial charge < -0.3 is 5.43 Å². The molecule has 1 aromatic carbocycles. The Kier molecular flexibility index (Phi) is 3.22. The van der Waals surface area contributed by atoms with Crippen LogP contribution in [0.3, 0.4) is 0 Å². The maximum Gasteiger partial charge on any atom is 0.140 e. The molecule has 0 bridgehead atoms. The number of nitrogens with zero attached hydrogens (tertiary/aromatic N) is 1. The van der Waals surface area contributed by atoms with Gasteiger partial charge in [0.05, 0.1) is 0 Å². The molecule has 0 aliphatic heterocycles. The van der Waals surface area contributed by atoms with E-state index in [0.29, 0.717) is 5.82 Å². The first kappa shape index (κ1) is 10.0. The molecule has 3 nitrogen and oxygen atoms in total. The summed E-state index contributed by atoms with van der Waals surface area (Å²) in [5.74, 6) is 5.97. The summed E-state index contributed by atoms with van der Waals surface area (Å²) in [7, 11) is 0. The third-order valence-corrected chi connectivity index (χ3v) is 2.86. The molecular formula is C11H11N3S. The largest absolute Gasteiger partial charge is 0.308 e. The van der Waals surface area contributed by atoms with Gasteiger partial charge in [0.15, 0.2) is 0 Å². The molecule has 15 heavy (non-hydrogen) atoms. The van der Waals surface area contributed by atoms with Gasteiger partial charge in [0.1, 0.15) is 5.82 Å². The van der Waals surface area contributed by atoms with Crippen molar-refractivity contribution in [2.45, 2.75) is 9.79 Å². The smallest absolute Gasteiger partial charge is 0.140 e. The third kappa shape index (κ3) is 2.71. The Bertz CT molecular complexity index is 431. The summed E-state index contributed by atoms with van der Waals surface area (Å²) in [6.45, 7) is 0. The number of pyridine rings is 1. The van der Waals surface area contributed by atoms with Crippen LogP contribution >= 0.6 is 11.8 Å². The summed E-state index contributed by atoms with van der Waals surface area (Å²) in [6.07, 6.45) is 1.74. The second kappa shape index (κ2) is 4.82. The SMILES string of the molecule is NNc1cc(Sc2ccccc2)ccn1. The van der Waals surface area contributed by atoms with Gasteiger partial charge in [-0.3, -0.25) is 0 Å². The summed E-state index contributed by atoms with van der Waals surface area (Å²) >= 11 is 1.68. The zero-order valence-corrected chi connectivity index (χ0v) is 8.87. The lowest BCUT2D eigenvalue weighted by Crippen LogP contribution is -2.07. The molecule has 3 N–H and O–H groups in total. The van der Waals surface area contributed by atoms with Crippen molar-refractivity contribution in [3.8, 4) is 0 Å². The van der Waals surface area contributed by atoms with Crippen molar-refractivity contribution in [1.82, 2.24) is 4.98 Å². The summed E-state index contributed by atoms with van der Waals surface area (Å²) in [4.78, 5) is 6.37. The van der Waals surface area contributed by atoms with E-state index in [2.05, 4.69) is 22.5 Å². The van der Waals surface area contributed by atoms with Crippen LogP contribution in [-0.4, -0.2) is 4.98 Å². The monoisotopic (exact) mass is 217 g/mol. The van der Waals surface area contributed by atoms with Crippen LogP contribution < -0.4 is 11.3 Å². The van der Waals surface area contributed by atoms with Gasteiger partial charge in [0.25, 0.3) is 0 Å². The predicted octanol–water partition coefficient (Wildman–Crippen LogP) is 2.52.